The number of nitrogens with one attached hydrogen (secondary N) is 1. The molecule has 21 heavy (non-hydrogen) atoms. The van der Waals surface area contributed by atoms with E-state index in [4.69, 9.17) is 15.6 Å². The van der Waals surface area contributed by atoms with Crippen LogP contribution in [0.15, 0.2) is 23.1 Å². The van der Waals surface area contributed by atoms with Crippen molar-refractivity contribution in [2.24, 2.45) is 5.92 Å². The quantitative estimate of drug-likeness (QED) is 0.644. The van der Waals surface area contributed by atoms with Gasteiger partial charge in [-0.05, 0) is 24.1 Å². The molecule has 1 aromatic rings. The van der Waals surface area contributed by atoms with Crippen LogP contribution < -0.4 is 10.5 Å². The van der Waals surface area contributed by atoms with Crippen molar-refractivity contribution in [2.45, 2.75) is 24.8 Å². The number of carbonyl (C=O) groups is 1. The van der Waals surface area contributed by atoms with E-state index in [1.807, 2.05) is 13.8 Å². The second kappa shape index (κ2) is 6.88. The van der Waals surface area contributed by atoms with Crippen molar-refractivity contribution in [1.82, 2.24) is 4.72 Å². The molecule has 0 fully saturated rings. The monoisotopic (exact) mass is 316 g/mol. The average Bonchev–Trinajstić information content (AvgIpc) is 2.37. The molecule has 1 atom stereocenters. The summed E-state index contributed by atoms with van der Waals surface area (Å²) in [6, 6.07) is 3.18. The Morgan fingerprint density at radius 3 is 2.52 bits per heavy atom. The summed E-state index contributed by atoms with van der Waals surface area (Å²) >= 11 is 0. The third-order valence-corrected chi connectivity index (χ3v) is 4.51. The van der Waals surface area contributed by atoms with Crippen LogP contribution in [0, 0.1) is 5.92 Å². The third kappa shape index (κ3) is 4.42. The van der Waals surface area contributed by atoms with Gasteiger partial charge in [-0.3, -0.25) is 0 Å². The summed E-state index contributed by atoms with van der Waals surface area (Å²) in [5, 5.41) is 9.11. The summed E-state index contributed by atoms with van der Waals surface area (Å²) in [4.78, 5) is 10.8. The summed E-state index contributed by atoms with van der Waals surface area (Å²) in [6.45, 7) is 3.86. The zero-order valence-electron chi connectivity index (χ0n) is 12.2. The zero-order valence-corrected chi connectivity index (χ0v) is 13.0. The minimum atomic E-state index is -4.02. The van der Waals surface area contributed by atoms with Gasteiger partial charge in [0.1, 0.15) is 0 Å². The van der Waals surface area contributed by atoms with Crippen molar-refractivity contribution in [3.8, 4) is 0 Å². The highest BCUT2D eigenvalue weighted by Crippen LogP contribution is 2.20. The van der Waals surface area contributed by atoms with Gasteiger partial charge in [0, 0.05) is 18.8 Å². The summed E-state index contributed by atoms with van der Waals surface area (Å²) in [6.07, 6.45) is 0. The minimum Gasteiger partial charge on any atom is -0.478 e. The first-order valence-electron chi connectivity index (χ1n) is 6.33. The van der Waals surface area contributed by atoms with Crippen LogP contribution in [0.5, 0.6) is 0 Å². The van der Waals surface area contributed by atoms with E-state index in [-0.39, 0.29) is 28.7 Å². The molecule has 0 spiro atoms. The number of nitrogens with two attached hydrogens (primary N) is 1. The van der Waals surface area contributed by atoms with Crippen LogP contribution in [0.2, 0.25) is 0 Å². The number of ether oxygens (including phenoxy) is 1. The number of methoxy groups -OCH3 is 1. The van der Waals surface area contributed by atoms with Crippen molar-refractivity contribution in [1.29, 1.82) is 0 Å². The standard InChI is InChI=1S/C13H20N2O5S/c1-8(2)11(7-20-3)15-21(18,19)12-6-9(14)4-5-10(12)13(16)17/h4-6,8,11,15H,7,14H2,1-3H3,(H,16,17). The summed E-state index contributed by atoms with van der Waals surface area (Å²) < 4.78 is 32.3. The lowest BCUT2D eigenvalue weighted by molar-refractivity contribution is 0.0692. The second-order valence-corrected chi connectivity index (χ2v) is 6.67. The smallest absolute Gasteiger partial charge is 0.337 e. The predicted octanol–water partition coefficient (Wildman–Crippen LogP) is 0.916. The van der Waals surface area contributed by atoms with Crippen molar-refractivity contribution in [3.05, 3.63) is 23.8 Å². The highest BCUT2D eigenvalue weighted by Gasteiger charge is 2.27. The molecule has 7 nitrogen and oxygen atoms in total. The molecule has 118 valence electrons. The molecule has 0 bridgehead atoms. The number of carboxylic acids is 1. The summed E-state index contributed by atoms with van der Waals surface area (Å²) in [5.41, 5.74) is 5.42. The van der Waals surface area contributed by atoms with E-state index in [1.54, 1.807) is 0 Å². The Balaban J connectivity index is 3.24. The van der Waals surface area contributed by atoms with Crippen LogP contribution in [-0.4, -0.2) is 39.3 Å². The van der Waals surface area contributed by atoms with Gasteiger partial charge in [0.2, 0.25) is 10.0 Å². The van der Waals surface area contributed by atoms with E-state index in [9.17, 15) is 13.2 Å². The van der Waals surface area contributed by atoms with Gasteiger partial charge >= 0.3 is 5.97 Å². The molecule has 1 unspecified atom stereocenters. The highest BCUT2D eigenvalue weighted by atomic mass is 32.2. The fourth-order valence-electron chi connectivity index (χ4n) is 1.74. The van der Waals surface area contributed by atoms with Crippen molar-refractivity contribution < 1.29 is 23.1 Å². The van der Waals surface area contributed by atoms with Gasteiger partial charge in [-0.2, -0.15) is 0 Å². The van der Waals surface area contributed by atoms with Crippen LogP contribution >= 0.6 is 0 Å². The van der Waals surface area contributed by atoms with E-state index in [1.165, 1.54) is 19.2 Å². The molecule has 0 aliphatic heterocycles. The van der Waals surface area contributed by atoms with Gasteiger partial charge in [-0.1, -0.05) is 13.8 Å². The Morgan fingerprint density at radius 1 is 1.43 bits per heavy atom. The summed E-state index contributed by atoms with van der Waals surface area (Å²) in [5.74, 6) is -1.35. The first kappa shape index (κ1) is 17.4. The lowest BCUT2D eigenvalue weighted by Gasteiger charge is -2.22. The van der Waals surface area contributed by atoms with Crippen LogP contribution in [-0.2, 0) is 14.8 Å². The van der Waals surface area contributed by atoms with Gasteiger partial charge in [0.05, 0.1) is 17.1 Å². The maximum Gasteiger partial charge on any atom is 0.337 e. The van der Waals surface area contributed by atoms with E-state index in [0.29, 0.717) is 0 Å². The Morgan fingerprint density at radius 2 is 2.05 bits per heavy atom. The van der Waals surface area contributed by atoms with E-state index in [0.717, 1.165) is 6.07 Å². The number of anilines is 1. The lowest BCUT2D eigenvalue weighted by atomic mass is 10.1. The number of hydrogen-bond acceptors (Lipinski definition) is 5. The lowest BCUT2D eigenvalue weighted by Crippen LogP contribution is -2.42. The van der Waals surface area contributed by atoms with Gasteiger partial charge in [-0.15, -0.1) is 0 Å². The molecular formula is C13H20N2O5S. The number of benzene rings is 1. The van der Waals surface area contributed by atoms with Crippen LogP contribution in [0.1, 0.15) is 24.2 Å². The maximum atomic E-state index is 12.4. The van der Waals surface area contributed by atoms with E-state index >= 15 is 0 Å². The van der Waals surface area contributed by atoms with Crippen molar-refractivity contribution in [3.63, 3.8) is 0 Å². The first-order valence-corrected chi connectivity index (χ1v) is 7.81. The molecule has 0 heterocycles. The molecule has 0 saturated carbocycles. The van der Waals surface area contributed by atoms with E-state index < -0.39 is 22.0 Å². The number of aromatic carboxylic acids is 1. The minimum absolute atomic E-state index is 0.0194. The van der Waals surface area contributed by atoms with Crippen molar-refractivity contribution in [2.75, 3.05) is 19.5 Å². The molecule has 0 saturated heterocycles. The Labute approximate surface area is 124 Å². The number of nitrogen functional groups attached to an aromatic ring is 1. The average molecular weight is 316 g/mol. The molecule has 8 heteroatoms. The van der Waals surface area contributed by atoms with Crippen molar-refractivity contribution >= 4 is 21.7 Å². The normalized spacial score (nSPS) is 13.3. The predicted molar refractivity (Wildman–Crippen MR) is 78.6 cm³/mol. The zero-order chi connectivity index (χ0) is 16.2. The van der Waals surface area contributed by atoms with E-state index in [2.05, 4.69) is 4.72 Å². The Hall–Kier alpha value is -1.64. The largest absolute Gasteiger partial charge is 0.478 e. The number of hydrogen-bond donors (Lipinski definition) is 3. The number of sulfonamides is 1. The molecule has 0 amide bonds. The molecule has 0 aromatic heterocycles. The van der Waals surface area contributed by atoms with Gasteiger partial charge in [0.15, 0.2) is 0 Å². The third-order valence-electron chi connectivity index (χ3n) is 2.98. The highest BCUT2D eigenvalue weighted by molar-refractivity contribution is 7.89. The van der Waals surface area contributed by atoms with Gasteiger partial charge in [-0.25, -0.2) is 17.9 Å². The summed E-state index contributed by atoms with van der Waals surface area (Å²) in [7, 11) is -2.55. The molecule has 0 radical (unpaired) electrons. The van der Waals surface area contributed by atoms with Gasteiger partial charge < -0.3 is 15.6 Å². The SMILES string of the molecule is COCC(NS(=O)(=O)c1cc(N)ccc1C(=O)O)C(C)C. The molecule has 0 aliphatic rings. The number of carboxylic acid groups (broad SMARTS) is 1. The maximum absolute atomic E-state index is 12.4. The fourth-order valence-corrected chi connectivity index (χ4v) is 3.34. The molecule has 0 aliphatic carbocycles. The molecule has 4 N–H and O–H groups in total. The molecule has 1 aromatic carbocycles. The number of rotatable bonds is 7. The first-order chi connectivity index (χ1) is 9.69. The van der Waals surface area contributed by atoms with Crippen LogP contribution in [0.4, 0.5) is 5.69 Å². The molecular weight excluding hydrogens is 296 g/mol. The second-order valence-electron chi connectivity index (χ2n) is 4.99. The Kier molecular flexibility index (Phi) is 5.70. The van der Waals surface area contributed by atoms with Gasteiger partial charge in [0.25, 0.3) is 0 Å². The Bertz CT molecular complexity index is 613. The van der Waals surface area contributed by atoms with Crippen LogP contribution in [0.25, 0.3) is 0 Å². The van der Waals surface area contributed by atoms with Crippen LogP contribution in [0.3, 0.4) is 0 Å². The topological polar surface area (TPSA) is 119 Å². The fraction of sp³-hybridized carbons (Fsp3) is 0.462. The molecule has 1 rings (SSSR count).